The van der Waals surface area contributed by atoms with Crippen LogP contribution >= 0.6 is 0 Å². The van der Waals surface area contributed by atoms with Crippen LogP contribution < -0.4 is 10.6 Å². The summed E-state index contributed by atoms with van der Waals surface area (Å²) in [6, 6.07) is 1.93. The van der Waals surface area contributed by atoms with E-state index in [1.54, 1.807) is 0 Å². The third-order valence-corrected chi connectivity index (χ3v) is 4.28. The average Bonchev–Trinajstić information content (AvgIpc) is 2.54. The molecule has 1 aromatic heterocycles. The summed E-state index contributed by atoms with van der Waals surface area (Å²) in [4.78, 5) is 25.1. The average molecular weight is 305 g/mol. The number of aromatic nitrogens is 2. The molecule has 1 aromatic rings. The van der Waals surface area contributed by atoms with Crippen molar-refractivity contribution in [3.63, 3.8) is 0 Å². The summed E-state index contributed by atoms with van der Waals surface area (Å²) in [7, 11) is 0. The van der Waals surface area contributed by atoms with Gasteiger partial charge in [0.25, 0.3) is 0 Å². The van der Waals surface area contributed by atoms with Gasteiger partial charge in [-0.3, -0.25) is 4.79 Å². The molecule has 0 spiro atoms. The number of amides is 1. The highest BCUT2D eigenvalue weighted by Crippen LogP contribution is 2.24. The van der Waals surface area contributed by atoms with Crippen molar-refractivity contribution >= 4 is 17.7 Å². The fraction of sp³-hybridized carbons (Fsp3) is 0.667. The first kappa shape index (κ1) is 15.0. The van der Waals surface area contributed by atoms with Gasteiger partial charge in [0.05, 0.1) is 19.1 Å². The van der Waals surface area contributed by atoms with E-state index in [0.29, 0.717) is 32.8 Å². The van der Waals surface area contributed by atoms with Crippen LogP contribution in [-0.4, -0.2) is 60.2 Å². The Bertz CT molecular complexity index is 524. The number of nitrogen functional groups attached to an aromatic ring is 1. The number of ether oxygens (including phenoxy) is 1. The van der Waals surface area contributed by atoms with E-state index in [9.17, 15) is 4.79 Å². The summed E-state index contributed by atoms with van der Waals surface area (Å²) in [6.07, 6.45) is 1.93. The summed E-state index contributed by atoms with van der Waals surface area (Å²) >= 11 is 0. The number of carbonyl (C=O) groups is 1. The van der Waals surface area contributed by atoms with Crippen molar-refractivity contribution in [2.45, 2.75) is 19.8 Å². The molecule has 0 bridgehead atoms. The minimum absolute atomic E-state index is 0.0309. The van der Waals surface area contributed by atoms with Crippen molar-refractivity contribution in [3.8, 4) is 0 Å². The second-order valence-corrected chi connectivity index (χ2v) is 5.95. The van der Waals surface area contributed by atoms with E-state index in [4.69, 9.17) is 10.5 Å². The van der Waals surface area contributed by atoms with E-state index in [2.05, 4.69) is 14.9 Å². The maximum Gasteiger partial charge on any atom is 0.227 e. The number of hydrogen-bond acceptors (Lipinski definition) is 6. The summed E-state index contributed by atoms with van der Waals surface area (Å²) in [5, 5.41) is 0. The van der Waals surface area contributed by atoms with Gasteiger partial charge in [-0.1, -0.05) is 0 Å². The third kappa shape index (κ3) is 3.30. The third-order valence-electron chi connectivity index (χ3n) is 4.28. The van der Waals surface area contributed by atoms with Crippen molar-refractivity contribution in [3.05, 3.63) is 11.8 Å². The molecule has 2 fully saturated rings. The standard InChI is InChI=1S/C15H23N5O2/c1-11-9-13(18-15(16)17-11)20-4-2-3-12(10-20)14(21)19-5-7-22-8-6-19/h9,12H,2-8,10H2,1H3,(H2,16,17,18)/t12-/m0/s1. The molecule has 3 rings (SSSR count). The minimum Gasteiger partial charge on any atom is -0.378 e. The Morgan fingerprint density at radius 3 is 2.82 bits per heavy atom. The van der Waals surface area contributed by atoms with Crippen molar-refractivity contribution in [1.29, 1.82) is 0 Å². The van der Waals surface area contributed by atoms with Gasteiger partial charge in [0.15, 0.2) is 0 Å². The highest BCUT2D eigenvalue weighted by Gasteiger charge is 2.30. The topological polar surface area (TPSA) is 84.6 Å². The number of morpholine rings is 1. The number of nitrogens with two attached hydrogens (primary N) is 1. The Balaban J connectivity index is 1.69. The van der Waals surface area contributed by atoms with Gasteiger partial charge in [0, 0.05) is 37.9 Å². The molecule has 2 saturated heterocycles. The molecular formula is C15H23N5O2. The molecular weight excluding hydrogens is 282 g/mol. The molecule has 0 aliphatic carbocycles. The molecule has 0 aromatic carbocycles. The molecule has 0 radical (unpaired) electrons. The molecule has 120 valence electrons. The van der Waals surface area contributed by atoms with Gasteiger partial charge in [0.2, 0.25) is 11.9 Å². The number of anilines is 2. The van der Waals surface area contributed by atoms with Gasteiger partial charge < -0.3 is 20.3 Å². The van der Waals surface area contributed by atoms with E-state index in [-0.39, 0.29) is 17.8 Å². The number of hydrogen-bond donors (Lipinski definition) is 1. The molecule has 0 unspecified atom stereocenters. The normalized spacial score (nSPS) is 22.7. The molecule has 2 aliphatic rings. The minimum atomic E-state index is 0.0309. The van der Waals surface area contributed by atoms with E-state index in [0.717, 1.165) is 30.9 Å². The Morgan fingerprint density at radius 1 is 1.32 bits per heavy atom. The predicted molar refractivity (Wildman–Crippen MR) is 83.5 cm³/mol. The summed E-state index contributed by atoms with van der Waals surface area (Å²) in [5.41, 5.74) is 6.59. The molecule has 22 heavy (non-hydrogen) atoms. The second-order valence-electron chi connectivity index (χ2n) is 5.95. The first-order chi connectivity index (χ1) is 10.6. The van der Waals surface area contributed by atoms with Crippen LogP contribution in [0.25, 0.3) is 0 Å². The Kier molecular flexibility index (Phi) is 4.42. The smallest absolute Gasteiger partial charge is 0.227 e. The summed E-state index contributed by atoms with van der Waals surface area (Å²) < 4.78 is 5.32. The maximum absolute atomic E-state index is 12.7. The molecule has 2 aliphatic heterocycles. The second kappa shape index (κ2) is 6.48. The highest BCUT2D eigenvalue weighted by molar-refractivity contribution is 5.79. The molecule has 1 atom stereocenters. The number of rotatable bonds is 2. The number of aryl methyl sites for hydroxylation is 1. The molecule has 7 nitrogen and oxygen atoms in total. The van der Waals surface area contributed by atoms with Crippen LogP contribution in [0, 0.1) is 12.8 Å². The Labute approximate surface area is 130 Å². The number of piperidine rings is 1. The first-order valence-electron chi connectivity index (χ1n) is 7.86. The van der Waals surface area contributed by atoms with Crippen LogP contribution in [0.1, 0.15) is 18.5 Å². The monoisotopic (exact) mass is 305 g/mol. The van der Waals surface area contributed by atoms with Crippen LogP contribution in [0.15, 0.2) is 6.07 Å². The van der Waals surface area contributed by atoms with Crippen LogP contribution in [-0.2, 0) is 9.53 Å². The van der Waals surface area contributed by atoms with E-state index >= 15 is 0 Å². The summed E-state index contributed by atoms with van der Waals surface area (Å²) in [5.74, 6) is 1.39. The molecule has 0 saturated carbocycles. The lowest BCUT2D eigenvalue weighted by Crippen LogP contribution is -2.48. The lowest BCUT2D eigenvalue weighted by Gasteiger charge is -2.36. The van der Waals surface area contributed by atoms with Gasteiger partial charge in [0.1, 0.15) is 5.82 Å². The number of carbonyl (C=O) groups excluding carboxylic acids is 1. The van der Waals surface area contributed by atoms with Crippen LogP contribution in [0.4, 0.5) is 11.8 Å². The lowest BCUT2D eigenvalue weighted by atomic mass is 9.96. The lowest BCUT2D eigenvalue weighted by molar-refractivity contribution is -0.139. The molecule has 2 N–H and O–H groups in total. The maximum atomic E-state index is 12.7. The Morgan fingerprint density at radius 2 is 2.09 bits per heavy atom. The van der Waals surface area contributed by atoms with Crippen LogP contribution in [0.5, 0.6) is 0 Å². The van der Waals surface area contributed by atoms with Gasteiger partial charge in [-0.25, -0.2) is 4.98 Å². The fourth-order valence-corrected chi connectivity index (χ4v) is 3.17. The fourth-order valence-electron chi connectivity index (χ4n) is 3.17. The SMILES string of the molecule is Cc1cc(N2CCC[C@H](C(=O)N3CCOCC3)C2)nc(N)n1. The van der Waals surface area contributed by atoms with Gasteiger partial charge >= 0.3 is 0 Å². The van der Waals surface area contributed by atoms with Crippen LogP contribution in [0.3, 0.4) is 0 Å². The largest absolute Gasteiger partial charge is 0.378 e. The van der Waals surface area contributed by atoms with Crippen molar-refractivity contribution < 1.29 is 9.53 Å². The van der Waals surface area contributed by atoms with E-state index < -0.39 is 0 Å². The predicted octanol–water partition coefficient (Wildman–Crippen LogP) is 0.442. The zero-order valence-corrected chi connectivity index (χ0v) is 13.0. The zero-order chi connectivity index (χ0) is 15.5. The summed E-state index contributed by atoms with van der Waals surface area (Å²) in [6.45, 7) is 6.20. The zero-order valence-electron chi connectivity index (χ0n) is 13.0. The van der Waals surface area contributed by atoms with E-state index in [1.165, 1.54) is 0 Å². The molecule has 7 heteroatoms. The van der Waals surface area contributed by atoms with E-state index in [1.807, 2.05) is 17.9 Å². The van der Waals surface area contributed by atoms with Gasteiger partial charge in [-0.2, -0.15) is 4.98 Å². The van der Waals surface area contributed by atoms with Crippen molar-refractivity contribution in [2.24, 2.45) is 5.92 Å². The highest BCUT2D eigenvalue weighted by atomic mass is 16.5. The first-order valence-corrected chi connectivity index (χ1v) is 7.86. The van der Waals surface area contributed by atoms with Gasteiger partial charge in [-0.05, 0) is 19.8 Å². The van der Waals surface area contributed by atoms with Crippen molar-refractivity contribution in [2.75, 3.05) is 50.0 Å². The van der Waals surface area contributed by atoms with Gasteiger partial charge in [-0.15, -0.1) is 0 Å². The van der Waals surface area contributed by atoms with Crippen LogP contribution in [0.2, 0.25) is 0 Å². The Hall–Kier alpha value is -1.89. The number of nitrogens with zero attached hydrogens (tertiary/aromatic N) is 4. The molecule has 3 heterocycles. The van der Waals surface area contributed by atoms with Crippen molar-refractivity contribution in [1.82, 2.24) is 14.9 Å². The molecule has 1 amide bonds. The quantitative estimate of drug-likeness (QED) is 0.853.